The van der Waals surface area contributed by atoms with E-state index in [0.29, 0.717) is 0 Å². The van der Waals surface area contributed by atoms with E-state index in [9.17, 15) is 14.7 Å². The Morgan fingerprint density at radius 3 is 2.45 bits per heavy atom. The zero-order chi connectivity index (χ0) is 14.9. The molecule has 0 aliphatic heterocycles. The second kappa shape index (κ2) is 5.15. The van der Waals surface area contributed by atoms with Gasteiger partial charge in [0.05, 0.1) is 0 Å². The van der Waals surface area contributed by atoms with E-state index in [1.807, 2.05) is 31.2 Å². The number of hydrogen-bond acceptors (Lipinski definition) is 2. The van der Waals surface area contributed by atoms with Crippen molar-refractivity contribution in [3.8, 4) is 0 Å². The summed E-state index contributed by atoms with van der Waals surface area (Å²) in [5.74, 6) is -0.958. The number of aliphatic carboxylic acids is 1. The first-order chi connectivity index (χ1) is 9.36. The summed E-state index contributed by atoms with van der Waals surface area (Å²) in [6.45, 7) is 3.49. The summed E-state index contributed by atoms with van der Waals surface area (Å²) in [5, 5.41) is 12.0. The van der Waals surface area contributed by atoms with Gasteiger partial charge in [-0.25, -0.2) is 9.59 Å². The van der Waals surface area contributed by atoms with Crippen molar-refractivity contribution in [2.45, 2.75) is 32.2 Å². The first-order valence-electron chi connectivity index (χ1n) is 6.71. The van der Waals surface area contributed by atoms with Crippen LogP contribution in [0.2, 0.25) is 0 Å². The van der Waals surface area contributed by atoms with Crippen LogP contribution < -0.4 is 10.2 Å². The molecule has 20 heavy (non-hydrogen) atoms. The SMILES string of the molecule is Cc1ccccc1N(C)C(=O)NC(C)(C(=O)O)C1CC1. The van der Waals surface area contributed by atoms with Crippen LogP contribution in [0.25, 0.3) is 0 Å². The highest BCUT2D eigenvalue weighted by Gasteiger charge is 2.49. The van der Waals surface area contributed by atoms with Crippen LogP contribution in [0.3, 0.4) is 0 Å². The number of rotatable bonds is 4. The maximum atomic E-state index is 12.3. The standard InChI is InChI=1S/C15H20N2O3/c1-10-6-4-5-7-12(10)17(3)14(20)16-15(2,13(18)19)11-8-9-11/h4-7,11H,8-9H2,1-3H3,(H,16,20)(H,18,19). The number of carboxylic acids is 1. The molecule has 1 atom stereocenters. The molecule has 0 spiro atoms. The van der Waals surface area contributed by atoms with Crippen LogP contribution >= 0.6 is 0 Å². The number of hydrogen-bond donors (Lipinski definition) is 2. The molecule has 108 valence electrons. The summed E-state index contributed by atoms with van der Waals surface area (Å²) >= 11 is 0. The number of nitrogens with zero attached hydrogens (tertiary/aromatic N) is 1. The van der Waals surface area contributed by atoms with Crippen molar-refractivity contribution in [2.75, 3.05) is 11.9 Å². The molecule has 1 aliphatic rings. The Morgan fingerprint density at radius 1 is 1.35 bits per heavy atom. The number of benzene rings is 1. The molecule has 2 N–H and O–H groups in total. The van der Waals surface area contributed by atoms with Crippen molar-refractivity contribution in [2.24, 2.45) is 5.92 Å². The summed E-state index contributed by atoms with van der Waals surface area (Å²) < 4.78 is 0. The molecule has 2 rings (SSSR count). The van der Waals surface area contributed by atoms with Gasteiger partial charge in [-0.3, -0.25) is 4.90 Å². The van der Waals surface area contributed by atoms with E-state index >= 15 is 0 Å². The Balaban J connectivity index is 2.15. The third kappa shape index (κ3) is 2.61. The Bertz CT molecular complexity index is 540. The minimum atomic E-state index is -1.19. The van der Waals surface area contributed by atoms with Gasteiger partial charge >= 0.3 is 12.0 Å². The number of amides is 2. The summed E-state index contributed by atoms with van der Waals surface area (Å²) in [6, 6.07) is 7.11. The molecule has 5 heteroatoms. The predicted octanol–water partition coefficient (Wildman–Crippen LogP) is 2.39. The molecule has 0 aromatic heterocycles. The number of para-hydroxylation sites is 1. The summed E-state index contributed by atoms with van der Waals surface area (Å²) in [5.41, 5.74) is 0.552. The van der Waals surface area contributed by atoms with Crippen molar-refractivity contribution in [1.82, 2.24) is 5.32 Å². The molecule has 1 fully saturated rings. The van der Waals surface area contributed by atoms with Gasteiger partial charge < -0.3 is 10.4 Å². The molecule has 1 saturated carbocycles. The lowest BCUT2D eigenvalue weighted by Gasteiger charge is -2.29. The Kier molecular flexibility index (Phi) is 3.70. The van der Waals surface area contributed by atoms with E-state index < -0.39 is 17.5 Å². The Labute approximate surface area is 118 Å². The number of anilines is 1. The quantitative estimate of drug-likeness (QED) is 0.887. The van der Waals surface area contributed by atoms with Crippen molar-refractivity contribution in [3.05, 3.63) is 29.8 Å². The monoisotopic (exact) mass is 276 g/mol. The van der Waals surface area contributed by atoms with Crippen molar-refractivity contribution < 1.29 is 14.7 Å². The summed E-state index contributed by atoms with van der Waals surface area (Å²) in [4.78, 5) is 25.2. The summed E-state index contributed by atoms with van der Waals surface area (Å²) in [7, 11) is 1.65. The lowest BCUT2D eigenvalue weighted by atomic mass is 9.96. The highest BCUT2D eigenvalue weighted by atomic mass is 16.4. The van der Waals surface area contributed by atoms with Gasteiger partial charge in [0.25, 0.3) is 0 Å². The van der Waals surface area contributed by atoms with Gasteiger partial charge in [0, 0.05) is 12.7 Å². The van der Waals surface area contributed by atoms with E-state index in [2.05, 4.69) is 5.32 Å². The highest BCUT2D eigenvalue weighted by Crippen LogP contribution is 2.39. The molecule has 0 radical (unpaired) electrons. The van der Waals surface area contributed by atoms with Crippen molar-refractivity contribution in [1.29, 1.82) is 0 Å². The smallest absolute Gasteiger partial charge is 0.329 e. The van der Waals surface area contributed by atoms with Crippen LogP contribution in [0.5, 0.6) is 0 Å². The predicted molar refractivity (Wildman–Crippen MR) is 76.9 cm³/mol. The van der Waals surface area contributed by atoms with Gasteiger partial charge in [-0.15, -0.1) is 0 Å². The molecule has 1 aliphatic carbocycles. The number of carbonyl (C=O) groups excluding carboxylic acids is 1. The highest BCUT2D eigenvalue weighted by molar-refractivity contribution is 5.96. The van der Waals surface area contributed by atoms with E-state index in [-0.39, 0.29) is 5.92 Å². The molecule has 0 heterocycles. The molecule has 1 aromatic carbocycles. The molecule has 5 nitrogen and oxygen atoms in total. The largest absolute Gasteiger partial charge is 0.480 e. The maximum Gasteiger partial charge on any atom is 0.329 e. The molecule has 0 bridgehead atoms. The van der Waals surface area contributed by atoms with Crippen molar-refractivity contribution in [3.63, 3.8) is 0 Å². The Morgan fingerprint density at radius 2 is 1.95 bits per heavy atom. The molecule has 1 unspecified atom stereocenters. The van der Waals surface area contributed by atoms with Crippen LogP contribution in [-0.2, 0) is 4.79 Å². The van der Waals surface area contributed by atoms with E-state index in [4.69, 9.17) is 0 Å². The number of carboxylic acid groups (broad SMARTS) is 1. The van der Waals surface area contributed by atoms with E-state index in [1.165, 1.54) is 4.90 Å². The topological polar surface area (TPSA) is 69.6 Å². The average Bonchev–Trinajstić information content (AvgIpc) is 3.22. The van der Waals surface area contributed by atoms with Gasteiger partial charge in [-0.2, -0.15) is 0 Å². The van der Waals surface area contributed by atoms with Gasteiger partial charge in [-0.1, -0.05) is 18.2 Å². The van der Waals surface area contributed by atoms with Gasteiger partial charge in [0.1, 0.15) is 5.54 Å². The van der Waals surface area contributed by atoms with E-state index in [1.54, 1.807) is 14.0 Å². The van der Waals surface area contributed by atoms with Crippen LogP contribution in [0.15, 0.2) is 24.3 Å². The zero-order valence-electron chi connectivity index (χ0n) is 12.0. The first-order valence-corrected chi connectivity index (χ1v) is 6.71. The third-order valence-corrected chi connectivity index (χ3v) is 3.99. The van der Waals surface area contributed by atoms with Crippen LogP contribution in [-0.4, -0.2) is 29.7 Å². The van der Waals surface area contributed by atoms with Crippen LogP contribution in [0, 0.1) is 12.8 Å². The number of aryl methyl sites for hydroxylation is 1. The second-order valence-corrected chi connectivity index (χ2v) is 5.56. The molecule has 1 aromatic rings. The van der Waals surface area contributed by atoms with Crippen molar-refractivity contribution >= 4 is 17.7 Å². The number of nitrogens with one attached hydrogen (secondary N) is 1. The van der Waals surface area contributed by atoms with E-state index in [0.717, 1.165) is 24.1 Å². The minimum absolute atomic E-state index is 0.0224. The van der Waals surface area contributed by atoms with Gasteiger partial charge in [0.2, 0.25) is 0 Å². The normalized spacial score (nSPS) is 17.1. The molecule has 0 saturated heterocycles. The van der Waals surface area contributed by atoms with Gasteiger partial charge in [0.15, 0.2) is 0 Å². The summed E-state index contributed by atoms with van der Waals surface area (Å²) in [6.07, 6.45) is 1.69. The average molecular weight is 276 g/mol. The number of carbonyl (C=O) groups is 2. The fourth-order valence-electron chi connectivity index (χ4n) is 2.35. The van der Waals surface area contributed by atoms with Crippen LogP contribution in [0.4, 0.5) is 10.5 Å². The molecular weight excluding hydrogens is 256 g/mol. The number of urea groups is 1. The molecule has 2 amide bonds. The lowest BCUT2D eigenvalue weighted by Crippen LogP contribution is -2.57. The second-order valence-electron chi connectivity index (χ2n) is 5.56. The minimum Gasteiger partial charge on any atom is -0.480 e. The van der Waals surface area contributed by atoms with Crippen LogP contribution in [0.1, 0.15) is 25.3 Å². The lowest BCUT2D eigenvalue weighted by molar-refractivity contribution is -0.144. The third-order valence-electron chi connectivity index (χ3n) is 3.99. The molecular formula is C15H20N2O3. The maximum absolute atomic E-state index is 12.3. The fraction of sp³-hybridized carbons (Fsp3) is 0.467. The zero-order valence-corrected chi connectivity index (χ0v) is 12.0. The first kappa shape index (κ1) is 14.4. The Hall–Kier alpha value is -2.04. The fourth-order valence-corrected chi connectivity index (χ4v) is 2.35. The van der Waals surface area contributed by atoms with Gasteiger partial charge in [-0.05, 0) is 44.2 Å².